The fourth-order valence-corrected chi connectivity index (χ4v) is 3.90. The predicted octanol–water partition coefficient (Wildman–Crippen LogP) is 4.50. The minimum absolute atomic E-state index is 0.0270. The van der Waals surface area contributed by atoms with Crippen molar-refractivity contribution in [2.24, 2.45) is 0 Å². The molecule has 1 heterocycles. The number of amides is 1. The first-order chi connectivity index (χ1) is 12.6. The lowest BCUT2D eigenvalue weighted by Crippen LogP contribution is -2.27. The largest absolute Gasteiger partial charge is 0.497 e. The van der Waals surface area contributed by atoms with Crippen molar-refractivity contribution >= 4 is 40.3 Å². The van der Waals surface area contributed by atoms with Crippen LogP contribution < -0.4 is 9.47 Å². The number of hydrogen-bond acceptors (Lipinski definition) is 5. The molecule has 3 rings (SSSR count). The van der Waals surface area contributed by atoms with E-state index in [0.717, 1.165) is 22.6 Å². The number of likely N-dealkylation sites (N-methyl/N-ethyl adjacent to an activating group) is 1. The maximum absolute atomic E-state index is 12.2. The molecule has 4 nitrogen and oxygen atoms in total. The number of thioether (sulfide) groups is 1. The molecule has 26 heavy (non-hydrogen) atoms. The molecule has 6 heteroatoms. The molecule has 1 aliphatic heterocycles. The van der Waals surface area contributed by atoms with Gasteiger partial charge < -0.3 is 9.47 Å². The zero-order valence-corrected chi connectivity index (χ0v) is 16.2. The van der Waals surface area contributed by atoms with Gasteiger partial charge in [0.25, 0.3) is 5.91 Å². The number of carbonyl (C=O) groups excluding carboxylic acids is 1. The van der Waals surface area contributed by atoms with Crippen molar-refractivity contribution in [2.75, 3.05) is 13.7 Å². The van der Waals surface area contributed by atoms with E-state index in [0.29, 0.717) is 22.4 Å². The second-order valence-corrected chi connectivity index (χ2v) is 7.31. The SMILES string of the molecule is CCN1C(=O)C(=Cc2ccc(OCc3cccc(OC)c3)cc2)SC1=S. The third kappa shape index (κ3) is 4.26. The molecule has 2 aromatic rings. The monoisotopic (exact) mass is 385 g/mol. The summed E-state index contributed by atoms with van der Waals surface area (Å²) in [6.45, 7) is 2.98. The van der Waals surface area contributed by atoms with Crippen LogP contribution in [0.15, 0.2) is 53.4 Å². The van der Waals surface area contributed by atoms with E-state index in [2.05, 4.69) is 0 Å². The summed E-state index contributed by atoms with van der Waals surface area (Å²) in [6.07, 6.45) is 1.86. The molecule has 1 fully saturated rings. The Morgan fingerprint density at radius 2 is 1.92 bits per heavy atom. The van der Waals surface area contributed by atoms with Crippen LogP contribution in [0.1, 0.15) is 18.1 Å². The summed E-state index contributed by atoms with van der Waals surface area (Å²) < 4.78 is 11.6. The van der Waals surface area contributed by atoms with Crippen LogP contribution in [0.4, 0.5) is 0 Å². The van der Waals surface area contributed by atoms with E-state index in [1.165, 1.54) is 11.8 Å². The number of ether oxygens (including phenoxy) is 2. The van der Waals surface area contributed by atoms with E-state index in [1.54, 1.807) is 12.0 Å². The summed E-state index contributed by atoms with van der Waals surface area (Å²) >= 11 is 6.57. The Hall–Kier alpha value is -2.31. The van der Waals surface area contributed by atoms with E-state index >= 15 is 0 Å². The van der Waals surface area contributed by atoms with Gasteiger partial charge in [-0.25, -0.2) is 0 Å². The van der Waals surface area contributed by atoms with Gasteiger partial charge >= 0.3 is 0 Å². The van der Waals surface area contributed by atoms with Crippen LogP contribution in [-0.2, 0) is 11.4 Å². The van der Waals surface area contributed by atoms with E-state index in [-0.39, 0.29) is 5.91 Å². The van der Waals surface area contributed by atoms with E-state index in [1.807, 2.05) is 61.5 Å². The summed E-state index contributed by atoms with van der Waals surface area (Å²) in [5, 5.41) is 0. The lowest BCUT2D eigenvalue weighted by Gasteiger charge is -2.09. The molecule has 1 saturated heterocycles. The third-order valence-electron chi connectivity index (χ3n) is 3.91. The van der Waals surface area contributed by atoms with Crippen LogP contribution >= 0.6 is 24.0 Å². The number of benzene rings is 2. The fourth-order valence-electron chi connectivity index (χ4n) is 2.51. The summed E-state index contributed by atoms with van der Waals surface area (Å²) in [5.74, 6) is 1.55. The second-order valence-electron chi connectivity index (χ2n) is 5.64. The van der Waals surface area contributed by atoms with Crippen molar-refractivity contribution in [1.29, 1.82) is 0 Å². The van der Waals surface area contributed by atoms with Gasteiger partial charge in [0.2, 0.25) is 0 Å². The first-order valence-electron chi connectivity index (χ1n) is 8.22. The second kappa shape index (κ2) is 8.38. The van der Waals surface area contributed by atoms with Gasteiger partial charge in [-0.3, -0.25) is 9.69 Å². The smallest absolute Gasteiger partial charge is 0.266 e. The zero-order valence-electron chi connectivity index (χ0n) is 14.6. The van der Waals surface area contributed by atoms with Crippen LogP contribution in [0.5, 0.6) is 11.5 Å². The Bertz CT molecular complexity index is 846. The molecular weight excluding hydrogens is 366 g/mol. The Balaban J connectivity index is 1.64. The molecule has 1 aliphatic rings. The summed E-state index contributed by atoms with van der Waals surface area (Å²) in [6, 6.07) is 15.4. The molecule has 0 unspecified atom stereocenters. The number of nitrogens with zero attached hydrogens (tertiary/aromatic N) is 1. The van der Waals surface area contributed by atoms with Gasteiger partial charge in [0.05, 0.1) is 12.0 Å². The Kier molecular flexibility index (Phi) is 5.96. The van der Waals surface area contributed by atoms with Gasteiger partial charge in [0.15, 0.2) is 0 Å². The molecule has 134 valence electrons. The molecule has 0 spiro atoms. The summed E-state index contributed by atoms with van der Waals surface area (Å²) in [5.41, 5.74) is 1.98. The van der Waals surface area contributed by atoms with Crippen molar-refractivity contribution in [3.8, 4) is 11.5 Å². The lowest BCUT2D eigenvalue weighted by molar-refractivity contribution is -0.121. The minimum atomic E-state index is -0.0270. The number of rotatable bonds is 6. The van der Waals surface area contributed by atoms with Gasteiger partial charge in [-0.1, -0.05) is 48.2 Å². The topological polar surface area (TPSA) is 38.8 Å². The highest BCUT2D eigenvalue weighted by atomic mass is 32.2. The number of carbonyl (C=O) groups is 1. The van der Waals surface area contributed by atoms with Crippen LogP contribution in [0.2, 0.25) is 0 Å². The highest BCUT2D eigenvalue weighted by Crippen LogP contribution is 2.32. The first-order valence-corrected chi connectivity index (χ1v) is 9.44. The zero-order chi connectivity index (χ0) is 18.5. The van der Waals surface area contributed by atoms with Gasteiger partial charge in [0, 0.05) is 6.54 Å². The molecule has 0 radical (unpaired) electrons. The average molecular weight is 386 g/mol. The van der Waals surface area contributed by atoms with Crippen molar-refractivity contribution in [3.63, 3.8) is 0 Å². The van der Waals surface area contributed by atoms with Crippen LogP contribution in [0.25, 0.3) is 6.08 Å². The highest BCUT2D eigenvalue weighted by molar-refractivity contribution is 8.26. The molecule has 2 aromatic carbocycles. The normalized spacial score (nSPS) is 15.6. The third-order valence-corrected chi connectivity index (χ3v) is 5.29. The van der Waals surface area contributed by atoms with Crippen molar-refractivity contribution < 1.29 is 14.3 Å². The predicted molar refractivity (Wildman–Crippen MR) is 109 cm³/mol. The summed E-state index contributed by atoms with van der Waals surface area (Å²) in [4.78, 5) is 14.5. The maximum Gasteiger partial charge on any atom is 0.266 e. The first kappa shape index (κ1) is 18.5. The molecule has 0 atom stereocenters. The van der Waals surface area contributed by atoms with Gasteiger partial charge in [-0.2, -0.15) is 0 Å². The molecule has 0 N–H and O–H groups in total. The van der Waals surface area contributed by atoms with E-state index in [4.69, 9.17) is 21.7 Å². The van der Waals surface area contributed by atoms with E-state index < -0.39 is 0 Å². The van der Waals surface area contributed by atoms with Crippen LogP contribution in [-0.4, -0.2) is 28.8 Å². The van der Waals surface area contributed by atoms with Crippen molar-refractivity contribution in [1.82, 2.24) is 4.90 Å². The average Bonchev–Trinajstić information content (AvgIpc) is 2.94. The maximum atomic E-state index is 12.2. The molecule has 0 bridgehead atoms. The lowest BCUT2D eigenvalue weighted by atomic mass is 10.2. The Morgan fingerprint density at radius 3 is 2.58 bits per heavy atom. The quantitative estimate of drug-likeness (QED) is 0.541. The van der Waals surface area contributed by atoms with Crippen LogP contribution in [0.3, 0.4) is 0 Å². The number of methoxy groups -OCH3 is 1. The highest BCUT2D eigenvalue weighted by Gasteiger charge is 2.30. The van der Waals surface area contributed by atoms with Crippen molar-refractivity contribution in [3.05, 3.63) is 64.6 Å². The number of thiocarbonyl (C=S) groups is 1. The van der Waals surface area contributed by atoms with E-state index in [9.17, 15) is 4.79 Å². The summed E-state index contributed by atoms with van der Waals surface area (Å²) in [7, 11) is 1.65. The standard InChI is InChI=1S/C20H19NO3S2/c1-3-21-19(22)18(26-20(21)25)12-14-7-9-16(10-8-14)24-13-15-5-4-6-17(11-15)23-2/h4-12H,3,13H2,1-2H3. The molecule has 0 saturated carbocycles. The Morgan fingerprint density at radius 1 is 1.15 bits per heavy atom. The Labute approximate surface area is 162 Å². The van der Waals surface area contributed by atoms with Crippen LogP contribution in [0, 0.1) is 0 Å². The molecular formula is C20H19NO3S2. The van der Waals surface area contributed by atoms with Gasteiger partial charge in [-0.15, -0.1) is 0 Å². The minimum Gasteiger partial charge on any atom is -0.497 e. The van der Waals surface area contributed by atoms with Gasteiger partial charge in [0.1, 0.15) is 22.4 Å². The molecule has 0 aromatic heterocycles. The number of hydrogen-bond donors (Lipinski definition) is 0. The van der Waals surface area contributed by atoms with Gasteiger partial charge in [-0.05, 0) is 48.4 Å². The molecule has 0 aliphatic carbocycles. The molecule has 1 amide bonds. The van der Waals surface area contributed by atoms with Crippen molar-refractivity contribution in [2.45, 2.75) is 13.5 Å². The fraction of sp³-hybridized carbons (Fsp3) is 0.200.